The number of amides is 3. The topological polar surface area (TPSA) is 105 Å². The van der Waals surface area contributed by atoms with Crippen LogP contribution < -0.4 is 10.6 Å². The van der Waals surface area contributed by atoms with Gasteiger partial charge < -0.3 is 20.0 Å². The fraction of sp³-hybridized carbons (Fsp3) is 0.304. The Bertz CT molecular complexity index is 1080. The molecule has 4 rings (SSSR count). The molecule has 0 bridgehead atoms. The van der Waals surface area contributed by atoms with Crippen LogP contribution in [0.1, 0.15) is 35.9 Å². The number of nitrogens with zero attached hydrogens (tertiary/aromatic N) is 2. The quantitative estimate of drug-likeness (QED) is 0.595. The molecule has 2 N–H and O–H groups in total. The molecule has 0 unspecified atom stereocenters. The van der Waals surface area contributed by atoms with Crippen molar-refractivity contribution in [2.45, 2.75) is 26.3 Å². The smallest absolute Gasteiger partial charge is 0.289 e. The van der Waals surface area contributed by atoms with E-state index in [9.17, 15) is 14.4 Å². The van der Waals surface area contributed by atoms with Gasteiger partial charge in [0, 0.05) is 43.4 Å². The van der Waals surface area contributed by atoms with Gasteiger partial charge in [-0.3, -0.25) is 14.4 Å². The van der Waals surface area contributed by atoms with Crippen molar-refractivity contribution in [3.63, 3.8) is 0 Å². The lowest BCUT2D eigenvalue weighted by molar-refractivity contribution is -0.121. The van der Waals surface area contributed by atoms with Crippen LogP contribution in [0.4, 0.5) is 5.13 Å². The summed E-state index contributed by atoms with van der Waals surface area (Å²) in [6.45, 7) is 3.01. The highest BCUT2D eigenvalue weighted by atomic mass is 32.1. The number of aromatic nitrogens is 1. The summed E-state index contributed by atoms with van der Waals surface area (Å²) in [4.78, 5) is 42.3. The molecule has 3 amide bonds. The fourth-order valence-corrected chi connectivity index (χ4v) is 4.31. The van der Waals surface area contributed by atoms with E-state index in [2.05, 4.69) is 15.6 Å². The predicted molar refractivity (Wildman–Crippen MR) is 121 cm³/mol. The summed E-state index contributed by atoms with van der Waals surface area (Å²) in [7, 11) is 0. The molecule has 0 radical (unpaired) electrons. The summed E-state index contributed by atoms with van der Waals surface area (Å²) in [6.07, 6.45) is 2.69. The molecule has 1 aromatic carbocycles. The van der Waals surface area contributed by atoms with Crippen LogP contribution in [0.15, 0.2) is 52.5 Å². The van der Waals surface area contributed by atoms with Crippen molar-refractivity contribution in [2.24, 2.45) is 5.92 Å². The summed E-state index contributed by atoms with van der Waals surface area (Å²) in [5.74, 6) is -0.102. The van der Waals surface area contributed by atoms with E-state index < -0.39 is 0 Å². The van der Waals surface area contributed by atoms with E-state index in [1.165, 1.54) is 24.5 Å². The zero-order valence-corrected chi connectivity index (χ0v) is 18.5. The maximum atomic E-state index is 12.7. The van der Waals surface area contributed by atoms with Crippen molar-refractivity contribution >= 4 is 34.2 Å². The number of hydrogen-bond acceptors (Lipinski definition) is 6. The minimum atomic E-state index is -0.156. The largest absolute Gasteiger partial charge is 0.459 e. The highest BCUT2D eigenvalue weighted by molar-refractivity contribution is 7.14. The van der Waals surface area contributed by atoms with Gasteiger partial charge in [-0.2, -0.15) is 0 Å². The van der Waals surface area contributed by atoms with Crippen molar-refractivity contribution in [3.05, 3.63) is 59.4 Å². The van der Waals surface area contributed by atoms with Gasteiger partial charge in [0.15, 0.2) is 10.9 Å². The van der Waals surface area contributed by atoms with Crippen LogP contribution in [-0.4, -0.2) is 40.7 Å². The Hall–Kier alpha value is -3.46. The van der Waals surface area contributed by atoms with Gasteiger partial charge in [0.25, 0.3) is 5.91 Å². The van der Waals surface area contributed by atoms with E-state index >= 15 is 0 Å². The average molecular weight is 453 g/mol. The third kappa shape index (κ3) is 5.23. The minimum Gasteiger partial charge on any atom is -0.459 e. The van der Waals surface area contributed by atoms with Crippen LogP contribution in [0.5, 0.6) is 0 Å². The summed E-state index contributed by atoms with van der Waals surface area (Å²) in [5.41, 5.74) is 2.73. The molecule has 9 heteroatoms. The number of thiazole rings is 1. The van der Waals surface area contributed by atoms with Crippen molar-refractivity contribution in [1.82, 2.24) is 15.2 Å². The number of rotatable bonds is 6. The number of furan rings is 1. The number of anilines is 1. The molecule has 3 heterocycles. The average Bonchev–Trinajstić information content (AvgIpc) is 3.50. The molecule has 1 aliphatic rings. The Morgan fingerprint density at radius 2 is 1.91 bits per heavy atom. The van der Waals surface area contributed by atoms with Crippen molar-refractivity contribution in [2.75, 3.05) is 18.4 Å². The van der Waals surface area contributed by atoms with E-state index in [4.69, 9.17) is 4.42 Å². The molecule has 1 aliphatic heterocycles. The van der Waals surface area contributed by atoms with E-state index in [0.29, 0.717) is 43.4 Å². The van der Waals surface area contributed by atoms with Gasteiger partial charge >= 0.3 is 0 Å². The standard InChI is InChI=1S/C23H24N4O4S/c1-15(28)24-13-16-4-6-17(7-5-16)19-14-32-23(25-19)26-21(29)18-8-10-27(11-9-18)22(30)20-3-2-12-31-20/h2-7,12,14,18H,8-11,13H2,1H3,(H,24,28)(H,25,26,29). The highest BCUT2D eigenvalue weighted by Gasteiger charge is 2.29. The number of benzene rings is 1. The maximum absolute atomic E-state index is 12.7. The highest BCUT2D eigenvalue weighted by Crippen LogP contribution is 2.27. The number of piperidine rings is 1. The normalized spacial score (nSPS) is 14.2. The van der Waals surface area contributed by atoms with Gasteiger partial charge in [0.2, 0.25) is 11.8 Å². The Balaban J connectivity index is 1.29. The van der Waals surface area contributed by atoms with Gasteiger partial charge in [-0.1, -0.05) is 24.3 Å². The summed E-state index contributed by atoms with van der Waals surface area (Å²) >= 11 is 1.38. The Labute approximate surface area is 189 Å². The molecule has 3 aromatic rings. The third-order valence-corrected chi connectivity index (χ3v) is 6.17. The van der Waals surface area contributed by atoms with Gasteiger partial charge in [0.1, 0.15) is 0 Å². The molecule has 0 aliphatic carbocycles. The molecule has 1 fully saturated rings. The second kappa shape index (κ2) is 9.78. The summed E-state index contributed by atoms with van der Waals surface area (Å²) in [5, 5.41) is 8.15. The van der Waals surface area contributed by atoms with Crippen LogP contribution in [0, 0.1) is 5.92 Å². The Morgan fingerprint density at radius 1 is 1.16 bits per heavy atom. The molecular weight excluding hydrogens is 428 g/mol. The van der Waals surface area contributed by atoms with Crippen molar-refractivity contribution in [3.8, 4) is 11.3 Å². The molecule has 1 saturated heterocycles. The molecule has 32 heavy (non-hydrogen) atoms. The molecule has 0 spiro atoms. The molecule has 8 nitrogen and oxygen atoms in total. The third-order valence-electron chi connectivity index (χ3n) is 5.41. The first-order valence-corrected chi connectivity index (χ1v) is 11.3. The van der Waals surface area contributed by atoms with Gasteiger partial charge in [-0.25, -0.2) is 4.98 Å². The van der Waals surface area contributed by atoms with Crippen LogP contribution in [-0.2, 0) is 16.1 Å². The number of nitrogens with one attached hydrogen (secondary N) is 2. The zero-order valence-electron chi connectivity index (χ0n) is 17.7. The number of likely N-dealkylation sites (tertiary alicyclic amines) is 1. The lowest BCUT2D eigenvalue weighted by Crippen LogP contribution is -2.41. The Kier molecular flexibility index (Phi) is 6.65. The lowest BCUT2D eigenvalue weighted by Gasteiger charge is -2.30. The van der Waals surface area contributed by atoms with E-state index in [-0.39, 0.29) is 23.6 Å². The molecular formula is C23H24N4O4S. The first kappa shape index (κ1) is 21.8. The monoisotopic (exact) mass is 452 g/mol. The number of carbonyl (C=O) groups is 3. The van der Waals surface area contributed by atoms with E-state index in [1.54, 1.807) is 17.0 Å². The SMILES string of the molecule is CC(=O)NCc1ccc(-c2csc(NC(=O)C3CCN(C(=O)c4ccco4)CC3)n2)cc1. The molecule has 166 valence electrons. The van der Waals surface area contributed by atoms with Gasteiger partial charge in [-0.15, -0.1) is 11.3 Å². The van der Waals surface area contributed by atoms with Crippen molar-refractivity contribution < 1.29 is 18.8 Å². The first-order valence-electron chi connectivity index (χ1n) is 10.4. The molecule has 0 saturated carbocycles. The summed E-state index contributed by atoms with van der Waals surface area (Å²) in [6, 6.07) is 11.1. The van der Waals surface area contributed by atoms with Gasteiger partial charge in [-0.05, 0) is 30.5 Å². The fourth-order valence-electron chi connectivity index (χ4n) is 3.59. The number of hydrogen-bond donors (Lipinski definition) is 2. The molecule has 0 atom stereocenters. The first-order chi connectivity index (χ1) is 15.5. The summed E-state index contributed by atoms with van der Waals surface area (Å²) < 4.78 is 5.17. The number of carbonyl (C=O) groups excluding carboxylic acids is 3. The maximum Gasteiger partial charge on any atom is 0.289 e. The van der Waals surface area contributed by atoms with E-state index in [1.807, 2.05) is 29.6 Å². The second-order valence-electron chi connectivity index (χ2n) is 7.68. The molecule has 2 aromatic heterocycles. The van der Waals surface area contributed by atoms with E-state index in [0.717, 1.165) is 16.8 Å². The van der Waals surface area contributed by atoms with Crippen molar-refractivity contribution in [1.29, 1.82) is 0 Å². The lowest BCUT2D eigenvalue weighted by atomic mass is 9.96. The van der Waals surface area contributed by atoms with Crippen LogP contribution in [0.3, 0.4) is 0 Å². The van der Waals surface area contributed by atoms with Crippen LogP contribution in [0.2, 0.25) is 0 Å². The van der Waals surface area contributed by atoms with Crippen LogP contribution in [0.25, 0.3) is 11.3 Å². The predicted octanol–water partition coefficient (Wildman–Crippen LogP) is 3.53. The van der Waals surface area contributed by atoms with Crippen LogP contribution >= 0.6 is 11.3 Å². The minimum absolute atomic E-state index is 0.0660. The second-order valence-corrected chi connectivity index (χ2v) is 8.54. The Morgan fingerprint density at radius 3 is 2.56 bits per heavy atom. The zero-order chi connectivity index (χ0) is 22.5. The van der Waals surface area contributed by atoms with Gasteiger partial charge in [0.05, 0.1) is 12.0 Å².